The van der Waals surface area contributed by atoms with Crippen molar-refractivity contribution in [1.82, 2.24) is 5.32 Å². The van der Waals surface area contributed by atoms with E-state index in [1.165, 1.54) is 11.6 Å². The van der Waals surface area contributed by atoms with E-state index in [-0.39, 0.29) is 5.97 Å². The minimum atomic E-state index is -0.312. The number of nitrogens with one attached hydrogen (secondary N) is 1. The largest absolute Gasteiger partial charge is 0.463 e. The van der Waals surface area contributed by atoms with E-state index >= 15 is 0 Å². The number of esters is 1. The maximum atomic E-state index is 11.2. The summed E-state index contributed by atoms with van der Waals surface area (Å²) in [5, 5.41) is 3.27. The monoisotopic (exact) mass is 263 g/mol. The predicted octanol–water partition coefficient (Wildman–Crippen LogP) is 2.00. The van der Waals surface area contributed by atoms with E-state index in [2.05, 4.69) is 5.32 Å². The van der Waals surface area contributed by atoms with Gasteiger partial charge >= 0.3 is 5.97 Å². The van der Waals surface area contributed by atoms with Crippen LogP contribution < -0.4 is 5.32 Å². The molecule has 0 atom stereocenters. The lowest BCUT2D eigenvalue weighted by atomic mass is 10.1. The van der Waals surface area contributed by atoms with E-state index in [1.54, 1.807) is 20.1 Å². The van der Waals surface area contributed by atoms with Crippen LogP contribution in [0.1, 0.15) is 18.1 Å². The average Bonchev–Trinajstić information content (AvgIpc) is 2.43. The first-order valence-corrected chi connectivity index (χ1v) is 6.39. The summed E-state index contributed by atoms with van der Waals surface area (Å²) in [6, 6.07) is 8.02. The van der Waals surface area contributed by atoms with Crippen molar-refractivity contribution >= 4 is 12.0 Å². The second kappa shape index (κ2) is 9.30. The van der Waals surface area contributed by atoms with Gasteiger partial charge in [0.15, 0.2) is 0 Å². The van der Waals surface area contributed by atoms with Gasteiger partial charge in [-0.15, -0.1) is 0 Å². The molecular formula is C15H21NO3. The summed E-state index contributed by atoms with van der Waals surface area (Å²) < 4.78 is 9.77. The standard InChI is InChI=1S/C15H21NO3/c1-3-19-15(17)9-8-13-4-6-14(7-5-13)12-16-10-11-18-2/h4-9,16H,3,10-12H2,1-2H3. The molecule has 0 bridgehead atoms. The third kappa shape index (κ3) is 6.74. The number of benzene rings is 1. The Morgan fingerprint density at radius 3 is 2.68 bits per heavy atom. The van der Waals surface area contributed by atoms with Gasteiger partial charge in [-0.05, 0) is 24.1 Å². The summed E-state index contributed by atoms with van der Waals surface area (Å²) in [6.45, 7) is 4.54. The van der Waals surface area contributed by atoms with E-state index in [4.69, 9.17) is 9.47 Å². The van der Waals surface area contributed by atoms with Crippen molar-refractivity contribution in [2.75, 3.05) is 26.9 Å². The van der Waals surface area contributed by atoms with Crippen molar-refractivity contribution < 1.29 is 14.3 Å². The molecule has 1 rings (SSSR count). The third-order valence-corrected chi connectivity index (χ3v) is 2.49. The van der Waals surface area contributed by atoms with Crippen LogP contribution in [0.4, 0.5) is 0 Å². The normalized spacial score (nSPS) is 10.8. The summed E-state index contributed by atoms with van der Waals surface area (Å²) >= 11 is 0. The lowest BCUT2D eigenvalue weighted by Crippen LogP contribution is -2.18. The highest BCUT2D eigenvalue weighted by molar-refractivity contribution is 5.86. The van der Waals surface area contributed by atoms with E-state index in [9.17, 15) is 4.79 Å². The molecular weight excluding hydrogens is 242 g/mol. The molecule has 0 unspecified atom stereocenters. The fourth-order valence-electron chi connectivity index (χ4n) is 1.51. The molecule has 0 aliphatic heterocycles. The van der Waals surface area contributed by atoms with Crippen LogP contribution in [0.25, 0.3) is 6.08 Å². The maximum absolute atomic E-state index is 11.2. The van der Waals surface area contributed by atoms with Crippen LogP contribution in [0.5, 0.6) is 0 Å². The second-order valence-electron chi connectivity index (χ2n) is 4.00. The van der Waals surface area contributed by atoms with Crippen LogP contribution in [0, 0.1) is 0 Å². The molecule has 0 amide bonds. The first-order valence-electron chi connectivity index (χ1n) is 6.39. The molecule has 0 spiro atoms. The first-order chi connectivity index (χ1) is 9.26. The molecule has 19 heavy (non-hydrogen) atoms. The summed E-state index contributed by atoms with van der Waals surface area (Å²) in [5.74, 6) is -0.312. The molecule has 104 valence electrons. The maximum Gasteiger partial charge on any atom is 0.330 e. The molecule has 1 aromatic carbocycles. The van der Waals surface area contributed by atoms with Crippen LogP contribution >= 0.6 is 0 Å². The van der Waals surface area contributed by atoms with Gasteiger partial charge in [0.1, 0.15) is 0 Å². The summed E-state index contributed by atoms with van der Waals surface area (Å²) in [7, 11) is 1.69. The van der Waals surface area contributed by atoms with Gasteiger partial charge in [0.25, 0.3) is 0 Å². The zero-order valence-corrected chi connectivity index (χ0v) is 11.5. The van der Waals surface area contributed by atoms with Crippen molar-refractivity contribution in [2.45, 2.75) is 13.5 Å². The molecule has 0 fully saturated rings. The molecule has 0 heterocycles. The SMILES string of the molecule is CCOC(=O)C=Cc1ccc(CNCCOC)cc1. The van der Waals surface area contributed by atoms with Gasteiger partial charge < -0.3 is 14.8 Å². The Kier molecular flexibility index (Phi) is 7.54. The number of rotatable bonds is 8. The summed E-state index contributed by atoms with van der Waals surface area (Å²) in [6.07, 6.45) is 3.19. The van der Waals surface area contributed by atoms with Gasteiger partial charge in [-0.25, -0.2) is 4.79 Å². The van der Waals surface area contributed by atoms with E-state index in [0.29, 0.717) is 13.2 Å². The minimum Gasteiger partial charge on any atom is -0.463 e. The first kappa shape index (κ1) is 15.4. The van der Waals surface area contributed by atoms with Crippen LogP contribution in [0.3, 0.4) is 0 Å². The summed E-state index contributed by atoms with van der Waals surface area (Å²) in [5.41, 5.74) is 2.18. The fourth-order valence-corrected chi connectivity index (χ4v) is 1.51. The molecule has 0 radical (unpaired) electrons. The Morgan fingerprint density at radius 2 is 2.05 bits per heavy atom. The van der Waals surface area contributed by atoms with Crippen molar-refractivity contribution in [3.63, 3.8) is 0 Å². The Hall–Kier alpha value is -1.65. The lowest BCUT2D eigenvalue weighted by Gasteiger charge is -2.04. The highest BCUT2D eigenvalue weighted by Crippen LogP contribution is 2.06. The van der Waals surface area contributed by atoms with Crippen LogP contribution in [0.2, 0.25) is 0 Å². The molecule has 4 heteroatoms. The lowest BCUT2D eigenvalue weighted by molar-refractivity contribution is -0.137. The van der Waals surface area contributed by atoms with E-state index in [0.717, 1.165) is 18.7 Å². The van der Waals surface area contributed by atoms with Gasteiger partial charge in [0, 0.05) is 26.3 Å². The summed E-state index contributed by atoms with van der Waals surface area (Å²) in [4.78, 5) is 11.2. The van der Waals surface area contributed by atoms with Gasteiger partial charge in [0.05, 0.1) is 13.2 Å². The molecule has 0 saturated carbocycles. The number of hydrogen-bond donors (Lipinski definition) is 1. The van der Waals surface area contributed by atoms with Crippen LogP contribution in [-0.4, -0.2) is 32.8 Å². The Morgan fingerprint density at radius 1 is 1.32 bits per heavy atom. The Labute approximate surface area is 114 Å². The van der Waals surface area contributed by atoms with Crippen molar-refractivity contribution in [3.05, 3.63) is 41.5 Å². The van der Waals surface area contributed by atoms with Crippen molar-refractivity contribution in [3.8, 4) is 0 Å². The number of ether oxygens (including phenoxy) is 2. The highest BCUT2D eigenvalue weighted by Gasteiger charge is 1.95. The minimum absolute atomic E-state index is 0.312. The smallest absolute Gasteiger partial charge is 0.330 e. The number of carbonyl (C=O) groups is 1. The molecule has 0 aliphatic carbocycles. The molecule has 4 nitrogen and oxygen atoms in total. The molecule has 0 saturated heterocycles. The molecule has 1 N–H and O–H groups in total. The van der Waals surface area contributed by atoms with Gasteiger partial charge in [-0.3, -0.25) is 0 Å². The van der Waals surface area contributed by atoms with Gasteiger partial charge in [-0.1, -0.05) is 24.3 Å². The topological polar surface area (TPSA) is 47.6 Å². The van der Waals surface area contributed by atoms with E-state index < -0.39 is 0 Å². The average molecular weight is 263 g/mol. The molecule has 0 aliphatic rings. The van der Waals surface area contributed by atoms with Crippen LogP contribution in [-0.2, 0) is 20.8 Å². The van der Waals surface area contributed by atoms with Gasteiger partial charge in [0.2, 0.25) is 0 Å². The Balaban J connectivity index is 2.40. The quantitative estimate of drug-likeness (QED) is 0.443. The van der Waals surface area contributed by atoms with Crippen LogP contribution in [0.15, 0.2) is 30.3 Å². The number of methoxy groups -OCH3 is 1. The molecule has 1 aromatic rings. The zero-order chi connectivity index (χ0) is 13.9. The number of hydrogen-bond acceptors (Lipinski definition) is 4. The van der Waals surface area contributed by atoms with E-state index in [1.807, 2.05) is 24.3 Å². The highest BCUT2D eigenvalue weighted by atomic mass is 16.5. The second-order valence-corrected chi connectivity index (χ2v) is 4.00. The third-order valence-electron chi connectivity index (χ3n) is 2.49. The van der Waals surface area contributed by atoms with Gasteiger partial charge in [-0.2, -0.15) is 0 Å². The fraction of sp³-hybridized carbons (Fsp3) is 0.400. The molecule has 0 aromatic heterocycles. The Bertz CT molecular complexity index is 398. The van der Waals surface area contributed by atoms with Crippen molar-refractivity contribution in [2.24, 2.45) is 0 Å². The van der Waals surface area contributed by atoms with Crippen molar-refractivity contribution in [1.29, 1.82) is 0 Å². The zero-order valence-electron chi connectivity index (χ0n) is 11.5. The number of carbonyl (C=O) groups excluding carboxylic acids is 1. The predicted molar refractivity (Wildman–Crippen MR) is 75.7 cm³/mol.